The fraction of sp³-hybridized carbons (Fsp3) is 0.494. The van der Waals surface area contributed by atoms with E-state index in [4.69, 9.17) is 53.2 Å². The molecule has 0 unspecified atom stereocenters. The predicted molar refractivity (Wildman–Crippen MR) is 430 cm³/mol. The monoisotopic (exact) mass is 1720 g/mol. The Balaban J connectivity index is 0.000000173. The summed E-state index contributed by atoms with van der Waals surface area (Å²) in [7, 11) is 7.25. The number of nitrogens with zero attached hydrogens (tertiary/aromatic N) is 6. The van der Waals surface area contributed by atoms with Crippen LogP contribution in [-0.4, -0.2) is 207 Å². The molecule has 6 aromatic carbocycles. The summed E-state index contributed by atoms with van der Waals surface area (Å²) < 4.78 is 47.6. The summed E-state index contributed by atoms with van der Waals surface area (Å²) in [5.41, 5.74) is 21.2. The van der Waals surface area contributed by atoms with Gasteiger partial charge in [-0.05, 0) is 200 Å². The molecule has 28 nitrogen and oxygen atoms in total. The molecule has 10 aliphatic heterocycles. The molecule has 8 aromatic rings. The number of piperazine rings is 2. The van der Waals surface area contributed by atoms with E-state index in [0.29, 0.717) is 84.6 Å². The van der Waals surface area contributed by atoms with Crippen LogP contribution in [0, 0.1) is 76.8 Å². The van der Waals surface area contributed by atoms with Gasteiger partial charge in [0, 0.05) is 130 Å². The van der Waals surface area contributed by atoms with Gasteiger partial charge in [0.1, 0.15) is 25.5 Å². The SMILES string of the molecule is COc1c(C)cc2c(c1O)[C@@H]1[C@@H]3[C@H](SC[C@@]4(C)N[C@@H](CO)Cc5c4[nH]c4ccc(C)cc54)c4c(C)c(C)c5c(c4[C@H](COC=O)N3[C@@H](C#N)[C@H](C2)N1C)OCO5.COc1c(C)cc2c(c1O)[C@@H]1[C@@H]3[C@H](SC[C@@]4(C)N[C@@H](CO)Cc5c4[nH]c4ccc(C)cc54)c4c(C)c(C)c5c(c4[C@H](COC=O)N3[C@@H](O)[C@H](C2)N1C)OCO5.O=[N+]([O-])O.[Ag]. The first kappa shape index (κ1) is 82.6. The Morgan fingerprint density at radius 3 is 1.43 bits per heavy atom. The second-order valence-electron chi connectivity index (χ2n) is 33.0. The number of rotatable bonds is 16. The minimum Gasteiger partial charge on any atom is -0.504 e. The molecule has 2 saturated heterocycles. The first-order chi connectivity index (χ1) is 55.1. The zero-order valence-electron chi connectivity index (χ0n) is 67.2. The molecular weight excluding hydrogens is 1620 g/mol. The number of aliphatic hydroxyl groups is 3. The topological polar surface area (TPSA) is 365 Å². The molecule has 31 heteroatoms. The van der Waals surface area contributed by atoms with Crippen LogP contribution in [0.1, 0.15) is 160 Å². The smallest absolute Gasteiger partial charge is 0.293 e. The van der Waals surface area contributed by atoms with Gasteiger partial charge in [-0.1, -0.05) is 35.4 Å². The molecule has 0 aliphatic carbocycles. The third-order valence-electron chi connectivity index (χ3n) is 26.6. The first-order valence-electron chi connectivity index (χ1n) is 39.0. The number of carbonyl (C=O) groups excluding carboxylic acids is 2. The third-order valence-corrected chi connectivity index (χ3v) is 29.8. The van der Waals surface area contributed by atoms with Crippen molar-refractivity contribution in [1.82, 2.24) is 40.2 Å². The van der Waals surface area contributed by atoms with E-state index in [2.05, 4.69) is 157 Å². The van der Waals surface area contributed by atoms with Crippen LogP contribution in [0.3, 0.4) is 0 Å². The number of aliphatic hydroxyl groups excluding tert-OH is 3. The third kappa shape index (κ3) is 13.0. The minimum atomic E-state index is -1.50. The molecule has 16 atom stereocenters. The van der Waals surface area contributed by atoms with Crippen molar-refractivity contribution in [1.29, 1.82) is 5.26 Å². The molecular formula is C85H100AgN10O18S2. The van der Waals surface area contributed by atoms with Gasteiger partial charge in [-0.2, -0.15) is 5.26 Å². The number of hydrogen-bond acceptors (Lipinski definition) is 26. The van der Waals surface area contributed by atoms with Crippen LogP contribution in [0.4, 0.5) is 0 Å². The van der Waals surface area contributed by atoms with Gasteiger partial charge in [-0.3, -0.25) is 29.2 Å². The Kier molecular flexibility index (Phi) is 22.5. The number of fused-ring (bicyclic) bond motifs is 24. The summed E-state index contributed by atoms with van der Waals surface area (Å²) in [5.74, 6) is 4.91. The van der Waals surface area contributed by atoms with Crippen molar-refractivity contribution in [3.05, 3.63) is 170 Å². The van der Waals surface area contributed by atoms with E-state index in [1.54, 1.807) is 37.7 Å². The normalized spacial score (nSPS) is 28.1. The molecule has 621 valence electrons. The summed E-state index contributed by atoms with van der Waals surface area (Å²) in [5, 5.41) is 92.3. The number of nitrogens with one attached hydrogen (secondary N) is 4. The maximum atomic E-state index is 12.6. The number of hydrogen-bond donors (Lipinski definition) is 10. The van der Waals surface area contributed by atoms with Crippen molar-refractivity contribution in [2.24, 2.45) is 0 Å². The standard InChI is InChI=1S/C43H49N5O7S.C42H50N4O8S.Ag.HNO3/c1-20-8-9-28-26(10-20)27-13-25(15-49)46-43(5,42(27)45-28)17-56-41-32-22(3)23(4)39-40(55-19-54-39)34(32)31(16-53-18-50)48-30(14-44)29-12-24-11-21(2)38(52-7)37(51)33(24)35(36(41)48)47(29)6;1-19-8-9-27-25(10-19)26-13-24(14-47)44-42(5,40(26)43-27)16-55-39-30-21(3)22(4)37-38(54-18-53-37)32(30)29(15-52-17-48)46-34(39)33-31-23(12-28(41(46)50)45(33)6)11-20(2)36(51-7)35(31)49;;2-1(3)4/h8-11,18,25,29-31,35-36,41,45-46,49,51H,12-13,15-17,19H2,1-7H3;8-11,17,24,28-29,33-34,39,41,43-44,47,49-50H,12-16,18H2,1-7H3;;(H,2,3,4)/t25-,29+,30+,31+,35-,36-,41-,43-;24-,28+,29+,33-,34-,39-,41+,42-;;/m11../s1. The molecule has 0 saturated carbocycles. The number of nitriles is 1. The Hall–Kier alpha value is -8.49. The number of methoxy groups -OCH3 is 2. The van der Waals surface area contributed by atoms with E-state index < -0.39 is 46.6 Å². The van der Waals surface area contributed by atoms with Crippen molar-refractivity contribution in [2.75, 3.05) is 79.8 Å². The zero-order valence-corrected chi connectivity index (χ0v) is 70.3. The second-order valence-corrected chi connectivity index (χ2v) is 35.2. The van der Waals surface area contributed by atoms with Crippen LogP contribution in [0.15, 0.2) is 48.5 Å². The molecule has 18 rings (SSSR count). The number of phenolic OH excluding ortho intramolecular Hbond substituents is 2. The van der Waals surface area contributed by atoms with Crippen LogP contribution in [-0.2, 0) is 78.2 Å². The first-order valence-corrected chi connectivity index (χ1v) is 41.1. The Bertz CT molecular complexity index is 5310. The maximum absolute atomic E-state index is 12.6. The molecule has 2 fully saturated rings. The second kappa shape index (κ2) is 31.7. The van der Waals surface area contributed by atoms with Gasteiger partial charge >= 0.3 is 0 Å². The van der Waals surface area contributed by atoms with Gasteiger partial charge in [0.05, 0.1) is 74.8 Å². The van der Waals surface area contributed by atoms with Crippen LogP contribution >= 0.6 is 23.5 Å². The molecule has 116 heavy (non-hydrogen) atoms. The number of aromatic nitrogens is 2. The van der Waals surface area contributed by atoms with Gasteiger partial charge in [-0.25, -0.2) is 0 Å². The predicted octanol–water partition coefficient (Wildman–Crippen LogP) is 9.96. The molecule has 1 radical (unpaired) electrons. The van der Waals surface area contributed by atoms with Gasteiger partial charge in [0.2, 0.25) is 13.6 Å². The van der Waals surface area contributed by atoms with Crippen LogP contribution in [0.25, 0.3) is 21.8 Å². The van der Waals surface area contributed by atoms with E-state index >= 15 is 0 Å². The number of aromatic amines is 2. The number of H-pyrrole nitrogens is 2. The number of ether oxygens (including phenoxy) is 8. The molecule has 12 heterocycles. The summed E-state index contributed by atoms with van der Waals surface area (Å²) in [6.07, 6.45) is 1.51. The summed E-state index contributed by atoms with van der Waals surface area (Å²) in [6, 6.07) is 15.8. The zero-order chi connectivity index (χ0) is 81.6. The number of likely N-dealkylation sites (N-methyl/N-ethyl adjacent to an activating group) is 2. The fourth-order valence-electron chi connectivity index (χ4n) is 21.5. The number of carbonyl (C=O) groups is 2. The molecule has 4 bridgehead atoms. The van der Waals surface area contributed by atoms with Gasteiger partial charge < -0.3 is 89.2 Å². The number of benzene rings is 6. The van der Waals surface area contributed by atoms with Gasteiger partial charge in [0.25, 0.3) is 18.0 Å². The molecule has 2 aromatic heterocycles. The average Bonchev–Trinajstić information content (AvgIpc) is 1.02. The Morgan fingerprint density at radius 2 is 1.02 bits per heavy atom. The van der Waals surface area contributed by atoms with Crippen molar-refractivity contribution in [3.63, 3.8) is 0 Å². The molecule has 10 aliphatic rings. The van der Waals surface area contributed by atoms with Crippen molar-refractivity contribution in [3.8, 4) is 52.1 Å². The van der Waals surface area contributed by atoms with Crippen LogP contribution < -0.4 is 39.1 Å². The van der Waals surface area contributed by atoms with E-state index in [1.165, 1.54) is 33.0 Å². The summed E-state index contributed by atoms with van der Waals surface area (Å²) in [6.45, 7) is 21.9. The average molecular weight is 1720 g/mol. The van der Waals surface area contributed by atoms with E-state index in [9.17, 15) is 40.4 Å². The summed E-state index contributed by atoms with van der Waals surface area (Å²) >= 11 is 3.60. The molecule has 0 amide bonds. The molecule has 0 spiro atoms. The minimum absolute atomic E-state index is 0. The van der Waals surface area contributed by atoms with Crippen molar-refractivity contribution in [2.45, 2.75) is 189 Å². The summed E-state index contributed by atoms with van der Waals surface area (Å²) in [4.78, 5) is 48.6. The van der Waals surface area contributed by atoms with Crippen molar-refractivity contribution < 1.29 is 106 Å². The Labute approximate surface area is 696 Å². The largest absolute Gasteiger partial charge is 0.504 e. The van der Waals surface area contributed by atoms with Crippen LogP contribution in [0.5, 0.6) is 46.0 Å². The van der Waals surface area contributed by atoms with E-state index in [0.717, 1.165) is 100 Å². The van der Waals surface area contributed by atoms with E-state index in [1.807, 2.05) is 20.9 Å². The number of thioether (sulfide) groups is 2. The van der Waals surface area contributed by atoms with Gasteiger partial charge in [0.15, 0.2) is 46.0 Å². The Morgan fingerprint density at radius 1 is 0.612 bits per heavy atom. The van der Waals surface area contributed by atoms with Crippen LogP contribution in [0.2, 0.25) is 0 Å². The maximum Gasteiger partial charge on any atom is 0.293 e. The van der Waals surface area contributed by atoms with Gasteiger partial charge in [-0.15, -0.1) is 33.6 Å². The van der Waals surface area contributed by atoms with E-state index in [-0.39, 0.29) is 127 Å². The molecule has 10 N–H and O–H groups in total. The number of aryl methyl sites for hydroxylation is 4. The number of aromatic hydroxyl groups is 2. The van der Waals surface area contributed by atoms with Crippen molar-refractivity contribution >= 4 is 58.3 Å². The quantitative estimate of drug-likeness (QED) is 0.0186. The fourth-order valence-corrected chi connectivity index (χ4v) is 24.9. The number of phenols is 2.